The van der Waals surface area contributed by atoms with E-state index < -0.39 is 0 Å². The van der Waals surface area contributed by atoms with Crippen LogP contribution in [0, 0.1) is 0 Å². The molecule has 6 heteroatoms. The van der Waals surface area contributed by atoms with Gasteiger partial charge in [-0.05, 0) is 23.8 Å². The van der Waals surface area contributed by atoms with E-state index in [0.717, 1.165) is 22.5 Å². The molecule has 2 aromatic heterocycles. The van der Waals surface area contributed by atoms with Crippen molar-refractivity contribution < 1.29 is 0 Å². The van der Waals surface area contributed by atoms with Crippen LogP contribution in [0.2, 0.25) is 5.02 Å². The highest BCUT2D eigenvalue weighted by Crippen LogP contribution is 2.35. The first-order valence-corrected chi connectivity index (χ1v) is 6.52. The molecule has 0 fully saturated rings. The first-order chi connectivity index (χ1) is 9.56. The minimum Gasteiger partial charge on any atom is -0.383 e. The lowest BCUT2D eigenvalue weighted by Gasteiger charge is -2.03. The summed E-state index contributed by atoms with van der Waals surface area (Å²) < 4.78 is 3.40. The third-order valence-electron chi connectivity index (χ3n) is 3.18. The Morgan fingerprint density at radius 2 is 1.75 bits per heavy atom. The third kappa shape index (κ3) is 2.06. The Hall–Kier alpha value is -2.27. The summed E-state index contributed by atoms with van der Waals surface area (Å²) in [6, 6.07) is 9.46. The molecule has 2 N–H and O–H groups in total. The van der Waals surface area contributed by atoms with Gasteiger partial charge in [-0.25, -0.2) is 0 Å². The van der Waals surface area contributed by atoms with E-state index in [-0.39, 0.29) is 0 Å². The van der Waals surface area contributed by atoms with Crippen LogP contribution < -0.4 is 5.73 Å². The molecule has 0 saturated heterocycles. The first-order valence-electron chi connectivity index (χ1n) is 6.14. The fourth-order valence-electron chi connectivity index (χ4n) is 2.16. The molecule has 0 amide bonds. The first kappa shape index (κ1) is 12.7. The summed E-state index contributed by atoms with van der Waals surface area (Å²) in [6.07, 6.45) is 1.88. The number of halogens is 1. The Morgan fingerprint density at radius 1 is 1.05 bits per heavy atom. The van der Waals surface area contributed by atoms with Crippen LogP contribution in [0.15, 0.2) is 36.5 Å². The average Bonchev–Trinajstić information content (AvgIpc) is 2.97. The summed E-state index contributed by atoms with van der Waals surface area (Å²) >= 11 is 5.94. The normalized spacial score (nSPS) is 10.9. The predicted octanol–water partition coefficient (Wildman–Crippen LogP) is 2.72. The molecule has 0 aliphatic carbocycles. The topological polar surface area (TPSA) is 61.7 Å². The summed E-state index contributed by atoms with van der Waals surface area (Å²) in [5.74, 6) is 0.605. The van der Waals surface area contributed by atoms with Crippen molar-refractivity contribution >= 4 is 17.4 Å². The van der Waals surface area contributed by atoms with Crippen LogP contribution in [0.25, 0.3) is 22.5 Å². The van der Waals surface area contributed by atoms with Crippen molar-refractivity contribution in [1.82, 2.24) is 19.6 Å². The minimum absolute atomic E-state index is 0.605. The maximum atomic E-state index is 6.15. The molecule has 3 rings (SSSR count). The molecule has 0 aliphatic rings. The van der Waals surface area contributed by atoms with E-state index in [2.05, 4.69) is 10.2 Å². The van der Waals surface area contributed by atoms with Crippen LogP contribution >= 0.6 is 11.6 Å². The zero-order valence-corrected chi connectivity index (χ0v) is 12.0. The van der Waals surface area contributed by atoms with Gasteiger partial charge in [0, 0.05) is 25.3 Å². The van der Waals surface area contributed by atoms with Crippen molar-refractivity contribution in [1.29, 1.82) is 0 Å². The van der Waals surface area contributed by atoms with Gasteiger partial charge in [-0.15, -0.1) is 0 Å². The standard InChI is InChI=1S/C14H14ClN5/c1-19-8-7-11(17-19)13-12(14(16)20(2)18-13)9-3-5-10(15)6-4-9/h3-8H,16H2,1-2H3. The number of hydrogen-bond donors (Lipinski definition) is 1. The molecular weight excluding hydrogens is 274 g/mol. The molecule has 0 unspecified atom stereocenters. The average molecular weight is 288 g/mol. The molecule has 3 aromatic rings. The Balaban J connectivity index is 2.21. The van der Waals surface area contributed by atoms with Crippen molar-refractivity contribution in [2.45, 2.75) is 0 Å². The van der Waals surface area contributed by atoms with Crippen molar-refractivity contribution in [3.63, 3.8) is 0 Å². The number of benzene rings is 1. The van der Waals surface area contributed by atoms with Crippen LogP contribution in [0.4, 0.5) is 5.82 Å². The van der Waals surface area contributed by atoms with Crippen molar-refractivity contribution in [3.8, 4) is 22.5 Å². The van der Waals surface area contributed by atoms with Gasteiger partial charge >= 0.3 is 0 Å². The summed E-state index contributed by atoms with van der Waals surface area (Å²) in [5.41, 5.74) is 9.57. The number of hydrogen-bond acceptors (Lipinski definition) is 3. The second kappa shape index (κ2) is 4.68. The molecule has 0 aliphatic heterocycles. The fraction of sp³-hybridized carbons (Fsp3) is 0.143. The number of aromatic nitrogens is 4. The summed E-state index contributed by atoms with van der Waals surface area (Å²) in [4.78, 5) is 0. The zero-order valence-electron chi connectivity index (χ0n) is 11.2. The second-order valence-electron chi connectivity index (χ2n) is 4.61. The highest BCUT2D eigenvalue weighted by molar-refractivity contribution is 6.30. The van der Waals surface area contributed by atoms with Crippen LogP contribution in [-0.4, -0.2) is 19.6 Å². The van der Waals surface area contributed by atoms with E-state index in [0.29, 0.717) is 10.8 Å². The fourth-order valence-corrected chi connectivity index (χ4v) is 2.28. The molecule has 1 aromatic carbocycles. The number of nitrogen functional groups attached to an aromatic ring is 1. The molecule has 2 heterocycles. The molecule has 20 heavy (non-hydrogen) atoms. The number of aryl methyl sites for hydroxylation is 2. The van der Waals surface area contributed by atoms with E-state index in [4.69, 9.17) is 17.3 Å². The van der Waals surface area contributed by atoms with E-state index in [1.54, 1.807) is 9.36 Å². The number of nitrogens with two attached hydrogens (primary N) is 1. The lowest BCUT2D eigenvalue weighted by atomic mass is 10.0. The van der Waals surface area contributed by atoms with Crippen LogP contribution in [-0.2, 0) is 14.1 Å². The van der Waals surface area contributed by atoms with Crippen molar-refractivity contribution in [2.24, 2.45) is 14.1 Å². The Morgan fingerprint density at radius 3 is 2.35 bits per heavy atom. The minimum atomic E-state index is 0.605. The molecule has 0 atom stereocenters. The van der Waals surface area contributed by atoms with Gasteiger partial charge in [-0.1, -0.05) is 23.7 Å². The number of nitrogens with zero attached hydrogens (tertiary/aromatic N) is 4. The Kier molecular flexibility index (Phi) is 2.99. The lowest BCUT2D eigenvalue weighted by molar-refractivity contribution is 0.760. The van der Waals surface area contributed by atoms with Gasteiger partial charge in [0.25, 0.3) is 0 Å². The molecule has 0 bridgehead atoms. The van der Waals surface area contributed by atoms with E-state index in [1.807, 2.05) is 50.6 Å². The van der Waals surface area contributed by atoms with E-state index in [1.165, 1.54) is 0 Å². The molecule has 0 saturated carbocycles. The monoisotopic (exact) mass is 287 g/mol. The smallest absolute Gasteiger partial charge is 0.129 e. The summed E-state index contributed by atoms with van der Waals surface area (Å²) in [5, 5.41) is 9.56. The van der Waals surface area contributed by atoms with Crippen LogP contribution in [0.5, 0.6) is 0 Å². The Bertz CT molecular complexity index is 754. The number of rotatable bonds is 2. The van der Waals surface area contributed by atoms with Crippen molar-refractivity contribution in [2.75, 3.05) is 5.73 Å². The van der Waals surface area contributed by atoms with Gasteiger partial charge in [0.05, 0.1) is 5.56 Å². The summed E-state index contributed by atoms with van der Waals surface area (Å²) in [7, 11) is 3.69. The molecule has 0 spiro atoms. The highest BCUT2D eigenvalue weighted by atomic mass is 35.5. The highest BCUT2D eigenvalue weighted by Gasteiger charge is 2.18. The van der Waals surface area contributed by atoms with Crippen molar-refractivity contribution in [3.05, 3.63) is 41.6 Å². The van der Waals surface area contributed by atoms with Gasteiger partial charge in [0.15, 0.2) is 0 Å². The van der Waals surface area contributed by atoms with Crippen LogP contribution in [0.1, 0.15) is 0 Å². The molecule has 0 radical (unpaired) electrons. The van der Waals surface area contributed by atoms with Gasteiger partial charge < -0.3 is 5.73 Å². The molecular formula is C14H14ClN5. The Labute approximate surface area is 121 Å². The van der Waals surface area contributed by atoms with Gasteiger partial charge in [0.1, 0.15) is 17.2 Å². The van der Waals surface area contributed by atoms with Gasteiger partial charge in [0.2, 0.25) is 0 Å². The third-order valence-corrected chi connectivity index (χ3v) is 3.43. The number of anilines is 1. The van der Waals surface area contributed by atoms with Gasteiger partial charge in [-0.2, -0.15) is 10.2 Å². The van der Waals surface area contributed by atoms with Crippen LogP contribution in [0.3, 0.4) is 0 Å². The van der Waals surface area contributed by atoms with E-state index in [9.17, 15) is 0 Å². The van der Waals surface area contributed by atoms with Gasteiger partial charge in [-0.3, -0.25) is 9.36 Å². The van der Waals surface area contributed by atoms with E-state index >= 15 is 0 Å². The predicted molar refractivity (Wildman–Crippen MR) is 80.3 cm³/mol. The largest absolute Gasteiger partial charge is 0.383 e. The molecule has 5 nitrogen and oxygen atoms in total. The SMILES string of the molecule is Cn1ccc(-c2nn(C)c(N)c2-c2ccc(Cl)cc2)n1. The maximum absolute atomic E-state index is 6.15. The quantitative estimate of drug-likeness (QED) is 0.788. The molecule has 102 valence electrons. The maximum Gasteiger partial charge on any atom is 0.129 e. The second-order valence-corrected chi connectivity index (χ2v) is 5.05. The lowest BCUT2D eigenvalue weighted by Crippen LogP contribution is -1.97. The summed E-state index contributed by atoms with van der Waals surface area (Å²) in [6.45, 7) is 0. The zero-order chi connectivity index (χ0) is 14.3.